The second kappa shape index (κ2) is 10.1. The molecule has 0 radical (unpaired) electrons. The van der Waals surface area contributed by atoms with Crippen LogP contribution in [0.15, 0.2) is 56.5 Å². The first-order chi connectivity index (χ1) is 15.1. The van der Waals surface area contributed by atoms with Crippen molar-refractivity contribution < 1.29 is 13.9 Å². The lowest BCUT2D eigenvalue weighted by Gasteiger charge is -2.19. The van der Waals surface area contributed by atoms with Crippen LogP contribution in [-0.2, 0) is 9.53 Å². The number of hydrazone groups is 1. The Morgan fingerprint density at radius 3 is 2.90 bits per heavy atom. The maximum absolute atomic E-state index is 13.1. The summed E-state index contributed by atoms with van der Waals surface area (Å²) in [4.78, 5) is 13.1. The van der Waals surface area contributed by atoms with Crippen molar-refractivity contribution in [2.24, 2.45) is 5.10 Å². The molecular weight excluding hydrogens is 434 g/mol. The quantitative estimate of drug-likeness (QED) is 0.384. The van der Waals surface area contributed by atoms with E-state index in [4.69, 9.17) is 9.15 Å². The number of carbonyl (C=O) groups excluding carboxylic acids is 1. The van der Waals surface area contributed by atoms with Gasteiger partial charge in [-0.15, -0.1) is 10.2 Å². The molecule has 0 saturated heterocycles. The van der Waals surface area contributed by atoms with Crippen molar-refractivity contribution in [3.63, 3.8) is 0 Å². The van der Waals surface area contributed by atoms with E-state index in [1.165, 1.54) is 28.7 Å². The zero-order chi connectivity index (χ0) is 21.6. The van der Waals surface area contributed by atoms with Gasteiger partial charge in [-0.3, -0.25) is 4.79 Å². The van der Waals surface area contributed by atoms with Gasteiger partial charge in [-0.25, -0.2) is 5.01 Å². The summed E-state index contributed by atoms with van der Waals surface area (Å²) in [6.07, 6.45) is 2.23. The van der Waals surface area contributed by atoms with E-state index in [-0.39, 0.29) is 17.7 Å². The minimum Gasteiger partial charge on any atom is -0.467 e. The van der Waals surface area contributed by atoms with E-state index in [0.717, 1.165) is 21.4 Å². The van der Waals surface area contributed by atoms with Crippen LogP contribution < -0.4 is 5.32 Å². The van der Waals surface area contributed by atoms with Gasteiger partial charge in [-0.2, -0.15) is 5.10 Å². The van der Waals surface area contributed by atoms with Crippen LogP contribution in [0.4, 0.5) is 5.13 Å². The smallest absolute Gasteiger partial charge is 0.253 e. The maximum atomic E-state index is 13.1. The van der Waals surface area contributed by atoms with E-state index in [9.17, 15) is 4.79 Å². The monoisotopic (exact) mass is 457 g/mol. The van der Waals surface area contributed by atoms with Crippen molar-refractivity contribution in [2.45, 2.75) is 23.7 Å². The first-order valence-electron chi connectivity index (χ1n) is 9.83. The molecule has 1 aliphatic heterocycles. The van der Waals surface area contributed by atoms with Gasteiger partial charge in [0.1, 0.15) is 11.8 Å². The molecule has 2 aromatic heterocycles. The summed E-state index contributed by atoms with van der Waals surface area (Å²) in [6.45, 7) is 3.29. The van der Waals surface area contributed by atoms with Gasteiger partial charge in [0, 0.05) is 20.1 Å². The molecule has 1 aromatic carbocycles. The lowest BCUT2D eigenvalue weighted by Crippen LogP contribution is -2.28. The fourth-order valence-corrected chi connectivity index (χ4v) is 4.78. The fraction of sp³-hybridized carbons (Fsp3) is 0.333. The van der Waals surface area contributed by atoms with Crippen molar-refractivity contribution in [2.75, 3.05) is 31.3 Å². The topological polar surface area (TPSA) is 92.8 Å². The summed E-state index contributed by atoms with van der Waals surface area (Å²) in [7, 11) is 1.65. The molecule has 0 unspecified atom stereocenters. The minimum absolute atomic E-state index is 0.0994. The van der Waals surface area contributed by atoms with Crippen molar-refractivity contribution in [3.05, 3.63) is 59.5 Å². The third-order valence-corrected chi connectivity index (χ3v) is 6.73. The maximum Gasteiger partial charge on any atom is 0.253 e. The Balaban J connectivity index is 1.44. The summed E-state index contributed by atoms with van der Waals surface area (Å²) < 4.78 is 11.3. The van der Waals surface area contributed by atoms with Crippen LogP contribution in [0.5, 0.6) is 0 Å². The summed E-state index contributed by atoms with van der Waals surface area (Å²) in [5.41, 5.74) is 3.07. The number of anilines is 1. The minimum atomic E-state index is -0.250. The number of rotatable bonds is 9. The molecule has 162 valence electrons. The number of aryl methyl sites for hydroxylation is 1. The number of amides is 1. The molecule has 3 heterocycles. The van der Waals surface area contributed by atoms with E-state index in [2.05, 4.69) is 20.6 Å². The van der Waals surface area contributed by atoms with Gasteiger partial charge >= 0.3 is 0 Å². The molecule has 8 nitrogen and oxygen atoms in total. The normalized spacial score (nSPS) is 15.9. The van der Waals surface area contributed by atoms with Crippen LogP contribution in [0.25, 0.3) is 0 Å². The van der Waals surface area contributed by atoms with Gasteiger partial charge in [0.15, 0.2) is 4.34 Å². The molecule has 1 amide bonds. The molecule has 0 fully saturated rings. The van der Waals surface area contributed by atoms with Crippen LogP contribution in [0, 0.1) is 6.92 Å². The summed E-state index contributed by atoms with van der Waals surface area (Å²) in [5, 5.41) is 18.3. The average molecular weight is 458 g/mol. The Kier molecular flexibility index (Phi) is 7.00. The zero-order valence-electron chi connectivity index (χ0n) is 17.3. The fourth-order valence-electron chi connectivity index (χ4n) is 3.15. The number of aromatic nitrogens is 2. The third-order valence-electron chi connectivity index (χ3n) is 4.73. The number of nitrogens with one attached hydrogen (secondary N) is 1. The summed E-state index contributed by atoms with van der Waals surface area (Å²) >= 11 is 2.77. The number of hydrogen-bond donors (Lipinski definition) is 1. The second-order valence-electron chi connectivity index (χ2n) is 6.97. The molecule has 0 bridgehead atoms. The molecule has 0 saturated carbocycles. The molecule has 4 rings (SSSR count). The Bertz CT molecular complexity index is 1030. The number of hydrogen-bond acceptors (Lipinski definition) is 9. The van der Waals surface area contributed by atoms with Gasteiger partial charge in [0.05, 0.1) is 24.3 Å². The Morgan fingerprint density at radius 1 is 1.32 bits per heavy atom. The Hall–Kier alpha value is -2.69. The van der Waals surface area contributed by atoms with Crippen molar-refractivity contribution in [1.82, 2.24) is 15.2 Å². The first kappa shape index (κ1) is 21.5. The number of nitrogens with zero attached hydrogens (tertiary/aromatic N) is 4. The highest BCUT2D eigenvalue weighted by atomic mass is 32.2. The lowest BCUT2D eigenvalue weighted by molar-refractivity contribution is -0.130. The van der Waals surface area contributed by atoms with Crippen LogP contribution >= 0.6 is 23.1 Å². The van der Waals surface area contributed by atoms with Crippen molar-refractivity contribution in [1.29, 1.82) is 0 Å². The first-order valence-corrected chi connectivity index (χ1v) is 11.6. The highest BCUT2D eigenvalue weighted by Gasteiger charge is 2.34. The van der Waals surface area contributed by atoms with E-state index in [0.29, 0.717) is 24.7 Å². The zero-order valence-corrected chi connectivity index (χ0v) is 18.9. The molecule has 31 heavy (non-hydrogen) atoms. The number of benzene rings is 1. The SMILES string of the molecule is COCCNc1nnc(SCC(=O)N2N=C(c3ccc(C)cc3)C[C@@H]2c2ccco2)s1. The van der Waals surface area contributed by atoms with E-state index in [1.807, 2.05) is 43.3 Å². The Morgan fingerprint density at radius 2 is 2.16 bits per heavy atom. The number of carbonyl (C=O) groups is 1. The standard InChI is InChI=1S/C21H23N5O3S2/c1-14-5-7-15(8-6-14)16-12-17(18-4-3-10-29-18)26(25-16)19(27)13-30-21-24-23-20(31-21)22-9-11-28-2/h3-8,10,17H,9,11-13H2,1-2H3,(H,22,23)/t17-/m1/s1. The van der Waals surface area contributed by atoms with Crippen molar-refractivity contribution >= 4 is 39.8 Å². The van der Waals surface area contributed by atoms with Gasteiger partial charge < -0.3 is 14.5 Å². The van der Waals surface area contributed by atoms with Crippen LogP contribution in [-0.4, -0.2) is 52.8 Å². The van der Waals surface area contributed by atoms with Gasteiger partial charge in [0.25, 0.3) is 5.91 Å². The largest absolute Gasteiger partial charge is 0.467 e. The molecular formula is C21H23N5O3S2. The van der Waals surface area contributed by atoms with Crippen LogP contribution in [0.3, 0.4) is 0 Å². The second-order valence-corrected chi connectivity index (χ2v) is 9.17. The van der Waals surface area contributed by atoms with Gasteiger partial charge in [0.2, 0.25) is 5.13 Å². The molecule has 0 spiro atoms. The number of furan rings is 1. The van der Waals surface area contributed by atoms with Crippen molar-refractivity contribution in [3.8, 4) is 0 Å². The molecule has 10 heteroatoms. The highest BCUT2D eigenvalue weighted by Crippen LogP contribution is 2.34. The van der Waals surface area contributed by atoms with E-state index in [1.54, 1.807) is 18.4 Å². The Labute approximate surface area is 188 Å². The molecule has 1 N–H and O–H groups in total. The highest BCUT2D eigenvalue weighted by molar-refractivity contribution is 8.01. The number of thioether (sulfide) groups is 1. The molecule has 1 aliphatic rings. The van der Waals surface area contributed by atoms with Gasteiger partial charge in [-0.1, -0.05) is 52.9 Å². The average Bonchev–Trinajstić information content (AvgIpc) is 3.53. The predicted octanol–water partition coefficient (Wildman–Crippen LogP) is 3.97. The van der Waals surface area contributed by atoms with Gasteiger partial charge in [-0.05, 0) is 24.6 Å². The lowest BCUT2D eigenvalue weighted by atomic mass is 10.0. The third kappa shape index (κ3) is 5.33. The molecule has 3 aromatic rings. The molecule has 0 aliphatic carbocycles. The van der Waals surface area contributed by atoms with E-state index >= 15 is 0 Å². The van der Waals surface area contributed by atoms with Crippen LogP contribution in [0.2, 0.25) is 0 Å². The number of ether oxygens (including phenoxy) is 1. The van der Waals surface area contributed by atoms with E-state index < -0.39 is 0 Å². The van der Waals surface area contributed by atoms with Crippen LogP contribution in [0.1, 0.15) is 29.3 Å². The molecule has 1 atom stereocenters. The number of methoxy groups -OCH3 is 1. The predicted molar refractivity (Wildman–Crippen MR) is 122 cm³/mol. The summed E-state index contributed by atoms with van der Waals surface area (Å²) in [5.74, 6) is 0.844. The summed E-state index contributed by atoms with van der Waals surface area (Å²) in [6, 6.07) is 11.6.